The van der Waals surface area contributed by atoms with E-state index in [4.69, 9.17) is 23.2 Å². The molecule has 0 spiro atoms. The van der Waals surface area contributed by atoms with E-state index in [9.17, 15) is 0 Å². The van der Waals surface area contributed by atoms with E-state index in [-0.39, 0.29) is 11.6 Å². The summed E-state index contributed by atoms with van der Waals surface area (Å²) >= 11 is 12.2. The van der Waals surface area contributed by atoms with Gasteiger partial charge >= 0.3 is 0 Å². The third kappa shape index (κ3) is 3.30. The van der Waals surface area contributed by atoms with E-state index in [1.165, 1.54) is 31.5 Å². The minimum absolute atomic E-state index is 0.0592. The molecule has 0 aliphatic carbocycles. The van der Waals surface area contributed by atoms with E-state index < -0.39 is 0 Å². The first-order valence-corrected chi connectivity index (χ1v) is 8.15. The van der Waals surface area contributed by atoms with Gasteiger partial charge in [0.15, 0.2) is 0 Å². The van der Waals surface area contributed by atoms with Crippen molar-refractivity contribution in [3.05, 3.63) is 33.8 Å². The van der Waals surface area contributed by atoms with Crippen LogP contribution in [0.2, 0.25) is 10.0 Å². The lowest BCUT2D eigenvalue weighted by molar-refractivity contribution is 0.107. The molecule has 1 heterocycles. The highest BCUT2D eigenvalue weighted by Crippen LogP contribution is 2.35. The highest BCUT2D eigenvalue weighted by atomic mass is 35.5. The van der Waals surface area contributed by atoms with Crippen molar-refractivity contribution in [3.63, 3.8) is 0 Å². The summed E-state index contributed by atoms with van der Waals surface area (Å²) in [6, 6.07) is 6.22. The van der Waals surface area contributed by atoms with Crippen molar-refractivity contribution in [3.8, 4) is 0 Å². The Hall–Kier alpha value is -0.280. The van der Waals surface area contributed by atoms with Gasteiger partial charge in [0.1, 0.15) is 0 Å². The smallest absolute Gasteiger partial charge is 0.0595 e. The molecular formula is C16H24Cl2N2. The summed E-state index contributed by atoms with van der Waals surface area (Å²) in [5.41, 5.74) is 1.27. The van der Waals surface area contributed by atoms with Crippen molar-refractivity contribution in [2.75, 3.05) is 19.6 Å². The first-order chi connectivity index (χ1) is 9.46. The third-order valence-corrected chi connectivity index (χ3v) is 5.05. The number of rotatable bonds is 5. The van der Waals surface area contributed by atoms with E-state index in [0.717, 1.165) is 6.54 Å². The molecule has 0 aromatic heterocycles. The zero-order valence-electron chi connectivity index (χ0n) is 12.5. The quantitative estimate of drug-likeness (QED) is 0.859. The second kappa shape index (κ2) is 6.65. The molecule has 1 aliphatic heterocycles. The summed E-state index contributed by atoms with van der Waals surface area (Å²) in [6.07, 6.45) is 2.59. The fourth-order valence-electron chi connectivity index (χ4n) is 3.15. The van der Waals surface area contributed by atoms with Crippen molar-refractivity contribution in [1.82, 2.24) is 10.2 Å². The Morgan fingerprint density at radius 3 is 2.40 bits per heavy atom. The van der Waals surface area contributed by atoms with E-state index in [1.54, 1.807) is 0 Å². The first kappa shape index (κ1) is 16.1. The Bertz CT molecular complexity index is 454. The highest BCUT2D eigenvalue weighted by Gasteiger charge is 2.37. The Morgan fingerprint density at radius 2 is 1.85 bits per heavy atom. The number of likely N-dealkylation sites (tertiary alicyclic amines) is 1. The van der Waals surface area contributed by atoms with Crippen LogP contribution in [0.4, 0.5) is 0 Å². The molecule has 1 unspecified atom stereocenters. The maximum Gasteiger partial charge on any atom is 0.0595 e. The van der Waals surface area contributed by atoms with Crippen LogP contribution in [0.1, 0.15) is 45.2 Å². The predicted octanol–water partition coefficient (Wildman–Crippen LogP) is 4.52. The van der Waals surface area contributed by atoms with Crippen LogP contribution >= 0.6 is 23.2 Å². The fourth-order valence-corrected chi connectivity index (χ4v) is 3.45. The molecule has 20 heavy (non-hydrogen) atoms. The molecule has 1 aromatic rings. The fraction of sp³-hybridized carbons (Fsp3) is 0.625. The van der Waals surface area contributed by atoms with Gasteiger partial charge < -0.3 is 5.32 Å². The molecule has 1 N–H and O–H groups in total. The molecule has 1 aliphatic rings. The summed E-state index contributed by atoms with van der Waals surface area (Å²) < 4.78 is 0. The number of nitrogens with zero attached hydrogens (tertiary/aromatic N) is 1. The number of hydrogen-bond acceptors (Lipinski definition) is 2. The van der Waals surface area contributed by atoms with Crippen LogP contribution in [0.25, 0.3) is 0 Å². The van der Waals surface area contributed by atoms with Crippen LogP contribution in [-0.2, 0) is 0 Å². The lowest BCUT2D eigenvalue weighted by Gasteiger charge is -2.43. The van der Waals surface area contributed by atoms with E-state index in [2.05, 4.69) is 37.1 Å². The van der Waals surface area contributed by atoms with Crippen LogP contribution in [0.15, 0.2) is 18.2 Å². The minimum atomic E-state index is 0.0592. The molecule has 4 heteroatoms. The van der Waals surface area contributed by atoms with Crippen molar-refractivity contribution < 1.29 is 0 Å². The first-order valence-electron chi connectivity index (χ1n) is 7.40. The molecule has 0 amide bonds. The van der Waals surface area contributed by atoms with Crippen LogP contribution in [0.5, 0.6) is 0 Å². The average Bonchev–Trinajstić information content (AvgIpc) is 2.94. The Balaban J connectivity index is 2.31. The molecule has 0 radical (unpaired) electrons. The van der Waals surface area contributed by atoms with Gasteiger partial charge in [0.25, 0.3) is 0 Å². The summed E-state index contributed by atoms with van der Waals surface area (Å²) in [7, 11) is 0. The largest absolute Gasteiger partial charge is 0.309 e. The number of halogens is 2. The molecule has 1 saturated heterocycles. The van der Waals surface area contributed by atoms with Crippen molar-refractivity contribution in [1.29, 1.82) is 0 Å². The number of likely N-dealkylation sites (N-methyl/N-ethyl adjacent to an activating group) is 1. The second-order valence-electron chi connectivity index (χ2n) is 6.01. The maximum atomic E-state index is 6.19. The van der Waals surface area contributed by atoms with E-state index >= 15 is 0 Å². The molecule has 2 nitrogen and oxygen atoms in total. The van der Waals surface area contributed by atoms with E-state index in [0.29, 0.717) is 10.0 Å². The van der Waals surface area contributed by atoms with Gasteiger partial charge in [0, 0.05) is 5.54 Å². The molecule has 2 rings (SSSR count). The Morgan fingerprint density at radius 1 is 1.20 bits per heavy atom. The lowest BCUT2D eigenvalue weighted by atomic mass is 9.87. The molecule has 1 aromatic carbocycles. The van der Waals surface area contributed by atoms with Gasteiger partial charge in [-0.05, 0) is 64.0 Å². The number of hydrogen-bond donors (Lipinski definition) is 1. The van der Waals surface area contributed by atoms with Gasteiger partial charge in [-0.3, -0.25) is 4.90 Å². The molecular weight excluding hydrogens is 291 g/mol. The Kier molecular flexibility index (Phi) is 5.36. The van der Waals surface area contributed by atoms with Gasteiger partial charge in [-0.2, -0.15) is 0 Å². The zero-order chi connectivity index (χ0) is 14.8. The normalized spacial score (nSPS) is 18.4. The van der Waals surface area contributed by atoms with Crippen molar-refractivity contribution in [2.24, 2.45) is 0 Å². The minimum Gasteiger partial charge on any atom is -0.309 e. The zero-order valence-corrected chi connectivity index (χ0v) is 14.1. The van der Waals surface area contributed by atoms with Crippen molar-refractivity contribution in [2.45, 2.75) is 45.2 Å². The van der Waals surface area contributed by atoms with Crippen LogP contribution < -0.4 is 5.32 Å². The summed E-state index contributed by atoms with van der Waals surface area (Å²) in [5, 5.41) is 4.86. The maximum absolute atomic E-state index is 6.19. The van der Waals surface area contributed by atoms with Gasteiger partial charge in [0.05, 0.1) is 16.1 Å². The molecule has 1 fully saturated rings. The summed E-state index contributed by atoms with van der Waals surface area (Å²) in [5.74, 6) is 0. The SMILES string of the molecule is CCNC(c1ccc(Cl)c(Cl)c1)C(C)(C)N1CCCC1. The molecule has 1 atom stereocenters. The standard InChI is InChI=1S/C16H24Cl2N2/c1-4-19-15(12-7-8-13(17)14(18)11-12)16(2,3)20-9-5-6-10-20/h7-8,11,15,19H,4-6,9-10H2,1-3H3. The third-order valence-electron chi connectivity index (χ3n) is 4.31. The molecule has 0 bridgehead atoms. The number of nitrogens with one attached hydrogen (secondary N) is 1. The van der Waals surface area contributed by atoms with E-state index in [1.807, 2.05) is 12.1 Å². The van der Waals surface area contributed by atoms with Gasteiger partial charge in [0.2, 0.25) is 0 Å². The van der Waals surface area contributed by atoms with Gasteiger partial charge in [-0.1, -0.05) is 36.2 Å². The van der Waals surface area contributed by atoms with Gasteiger partial charge in [-0.15, -0.1) is 0 Å². The Labute approximate surface area is 132 Å². The van der Waals surface area contributed by atoms with Gasteiger partial charge in [-0.25, -0.2) is 0 Å². The van der Waals surface area contributed by atoms with Crippen LogP contribution in [0, 0.1) is 0 Å². The average molecular weight is 315 g/mol. The topological polar surface area (TPSA) is 15.3 Å². The molecule has 112 valence electrons. The highest BCUT2D eigenvalue weighted by molar-refractivity contribution is 6.42. The monoisotopic (exact) mass is 314 g/mol. The van der Waals surface area contributed by atoms with Crippen LogP contribution in [-0.4, -0.2) is 30.1 Å². The number of benzene rings is 1. The molecule has 0 saturated carbocycles. The predicted molar refractivity (Wildman–Crippen MR) is 87.8 cm³/mol. The lowest BCUT2D eigenvalue weighted by Crippen LogP contribution is -2.51. The van der Waals surface area contributed by atoms with Crippen LogP contribution in [0.3, 0.4) is 0 Å². The summed E-state index contributed by atoms with van der Waals surface area (Å²) in [6.45, 7) is 10.1. The second-order valence-corrected chi connectivity index (χ2v) is 6.83. The summed E-state index contributed by atoms with van der Waals surface area (Å²) in [4.78, 5) is 2.57. The van der Waals surface area contributed by atoms with Crippen molar-refractivity contribution >= 4 is 23.2 Å².